The number of hydrogen-bond acceptors (Lipinski definition) is 5. The smallest absolute Gasteiger partial charge is 0.267 e. The fourth-order valence-electron chi connectivity index (χ4n) is 3.93. The molecule has 3 saturated carbocycles. The predicted octanol–water partition coefficient (Wildman–Crippen LogP) is 1.65. The number of aromatic nitrogens is 3. The Morgan fingerprint density at radius 1 is 1.31 bits per heavy atom. The van der Waals surface area contributed by atoms with Gasteiger partial charge in [-0.3, -0.25) is 9.59 Å². The van der Waals surface area contributed by atoms with Crippen LogP contribution in [0.3, 0.4) is 0 Å². The lowest BCUT2D eigenvalue weighted by molar-refractivity contribution is -0.121. The fraction of sp³-hybridized carbons (Fsp3) is 0.474. The second-order valence-corrected chi connectivity index (χ2v) is 7.34. The minimum Gasteiger partial charge on any atom is -0.364 e. The van der Waals surface area contributed by atoms with Gasteiger partial charge in [0.05, 0.1) is 5.69 Å². The number of anilines is 1. The van der Waals surface area contributed by atoms with Crippen LogP contribution < -0.4 is 16.2 Å². The Hall–Kier alpha value is -2.70. The third-order valence-corrected chi connectivity index (χ3v) is 5.80. The molecule has 26 heavy (non-hydrogen) atoms. The van der Waals surface area contributed by atoms with Crippen LogP contribution in [0.5, 0.6) is 0 Å². The van der Waals surface area contributed by atoms with Crippen molar-refractivity contribution in [3.63, 3.8) is 0 Å². The molecule has 0 spiro atoms. The first-order valence-corrected chi connectivity index (χ1v) is 9.10. The van der Waals surface area contributed by atoms with E-state index in [0.29, 0.717) is 12.2 Å². The van der Waals surface area contributed by atoms with Gasteiger partial charge in [0.15, 0.2) is 0 Å². The molecular formula is C19H23N5O2. The van der Waals surface area contributed by atoms with Crippen LogP contribution in [-0.4, -0.2) is 32.8 Å². The van der Waals surface area contributed by atoms with E-state index in [1.54, 1.807) is 12.3 Å². The highest BCUT2D eigenvalue weighted by Crippen LogP contribution is 2.62. The van der Waals surface area contributed by atoms with E-state index >= 15 is 0 Å². The van der Waals surface area contributed by atoms with Crippen LogP contribution >= 0.6 is 0 Å². The average molecular weight is 353 g/mol. The first-order chi connectivity index (χ1) is 12.5. The standard InChI is InChI=1S/C19H23N5O2/c1-3-20-17(25)11-24-18(26)7-5-15(23-24)13-4-6-16(21-10-13)22-19-8-14(9-19)12(19)2/h4-7,10,12,14H,3,8-9,11H2,1-2H3,(H,20,25)(H,21,22)/t12-,14?,19?/m1/s1. The number of likely N-dealkylation sites (N-methyl/N-ethyl adjacent to an activating group) is 1. The van der Waals surface area contributed by atoms with E-state index in [0.717, 1.165) is 23.2 Å². The molecule has 0 aromatic carbocycles. The second-order valence-electron chi connectivity index (χ2n) is 7.34. The summed E-state index contributed by atoms with van der Waals surface area (Å²) in [5.41, 5.74) is 1.37. The van der Waals surface area contributed by atoms with Crippen molar-refractivity contribution in [3.05, 3.63) is 40.8 Å². The quantitative estimate of drug-likeness (QED) is 0.824. The summed E-state index contributed by atoms with van der Waals surface area (Å²) in [6.45, 7) is 4.56. The van der Waals surface area contributed by atoms with Gasteiger partial charge in [-0.1, -0.05) is 6.92 Å². The highest BCUT2D eigenvalue weighted by Gasteiger charge is 2.63. The number of rotatable bonds is 6. The summed E-state index contributed by atoms with van der Waals surface area (Å²) in [7, 11) is 0. The molecule has 3 aliphatic rings. The zero-order chi connectivity index (χ0) is 18.3. The molecule has 5 rings (SSSR count). The Kier molecular flexibility index (Phi) is 4.01. The molecule has 0 saturated heterocycles. The summed E-state index contributed by atoms with van der Waals surface area (Å²) in [6.07, 6.45) is 4.23. The Labute approximate surface area is 151 Å². The monoisotopic (exact) mass is 353 g/mol. The van der Waals surface area contributed by atoms with E-state index in [4.69, 9.17) is 0 Å². The average Bonchev–Trinajstić information content (AvgIpc) is 2.61. The van der Waals surface area contributed by atoms with Gasteiger partial charge in [0.1, 0.15) is 12.4 Å². The largest absolute Gasteiger partial charge is 0.364 e. The Bertz CT molecular complexity index is 884. The second kappa shape index (κ2) is 6.23. The maximum absolute atomic E-state index is 11.9. The van der Waals surface area contributed by atoms with Crippen molar-refractivity contribution in [1.82, 2.24) is 20.1 Å². The third kappa shape index (κ3) is 2.77. The molecule has 0 radical (unpaired) electrons. The van der Waals surface area contributed by atoms with Gasteiger partial charge >= 0.3 is 0 Å². The highest BCUT2D eigenvalue weighted by atomic mass is 16.2. The molecule has 2 N–H and O–H groups in total. The summed E-state index contributed by atoms with van der Waals surface area (Å²) >= 11 is 0. The molecular weight excluding hydrogens is 330 g/mol. The van der Waals surface area contributed by atoms with E-state index in [-0.39, 0.29) is 23.6 Å². The van der Waals surface area contributed by atoms with E-state index < -0.39 is 0 Å². The summed E-state index contributed by atoms with van der Waals surface area (Å²) in [5, 5.41) is 10.5. The number of nitrogens with zero attached hydrogens (tertiary/aromatic N) is 3. The van der Waals surface area contributed by atoms with Crippen LogP contribution in [0, 0.1) is 11.8 Å². The van der Waals surface area contributed by atoms with E-state index in [9.17, 15) is 9.59 Å². The molecule has 0 aliphatic heterocycles. The lowest BCUT2D eigenvalue weighted by Crippen LogP contribution is -2.70. The maximum Gasteiger partial charge on any atom is 0.267 e. The summed E-state index contributed by atoms with van der Waals surface area (Å²) in [5.74, 6) is 2.25. The van der Waals surface area contributed by atoms with Crippen molar-refractivity contribution >= 4 is 11.7 Å². The number of carbonyl (C=O) groups excluding carboxylic acids is 1. The normalized spacial score (nSPS) is 25.8. The number of hydrogen-bond donors (Lipinski definition) is 2. The predicted molar refractivity (Wildman–Crippen MR) is 98.7 cm³/mol. The molecule has 3 fully saturated rings. The van der Waals surface area contributed by atoms with Gasteiger partial charge in [0.25, 0.3) is 5.56 Å². The van der Waals surface area contributed by atoms with Gasteiger partial charge in [0, 0.05) is 29.9 Å². The van der Waals surface area contributed by atoms with Crippen molar-refractivity contribution in [2.45, 2.75) is 38.8 Å². The van der Waals surface area contributed by atoms with Crippen LogP contribution in [-0.2, 0) is 11.3 Å². The molecule has 136 valence electrons. The van der Waals surface area contributed by atoms with Crippen LogP contribution in [0.15, 0.2) is 35.3 Å². The Morgan fingerprint density at radius 2 is 2.12 bits per heavy atom. The Morgan fingerprint density at radius 3 is 2.69 bits per heavy atom. The molecule has 7 nitrogen and oxygen atoms in total. The molecule has 7 heteroatoms. The number of nitrogens with one attached hydrogen (secondary N) is 2. The molecule has 1 amide bonds. The van der Waals surface area contributed by atoms with Crippen LogP contribution in [0.1, 0.15) is 26.7 Å². The minimum atomic E-state index is -0.302. The van der Waals surface area contributed by atoms with Crippen molar-refractivity contribution in [2.75, 3.05) is 11.9 Å². The summed E-state index contributed by atoms with van der Waals surface area (Å²) < 4.78 is 1.18. The SMILES string of the molecule is CCNC(=O)Cn1nc(-c2ccc(NC34CC(C3)[C@H]4C)nc2)ccc1=O. The van der Waals surface area contributed by atoms with Gasteiger partial charge in [0.2, 0.25) is 5.91 Å². The first kappa shape index (κ1) is 16.8. The number of pyridine rings is 1. The minimum absolute atomic E-state index is 0.0881. The van der Waals surface area contributed by atoms with Gasteiger partial charge in [-0.15, -0.1) is 0 Å². The van der Waals surface area contributed by atoms with Crippen molar-refractivity contribution in [2.24, 2.45) is 11.8 Å². The Balaban J connectivity index is 1.50. The topological polar surface area (TPSA) is 88.9 Å². The molecule has 3 aliphatic carbocycles. The fourth-order valence-corrected chi connectivity index (χ4v) is 3.93. The van der Waals surface area contributed by atoms with Crippen molar-refractivity contribution < 1.29 is 4.79 Å². The lowest BCUT2D eigenvalue weighted by atomic mass is 9.43. The zero-order valence-electron chi connectivity index (χ0n) is 15.0. The number of carbonyl (C=O) groups is 1. The maximum atomic E-state index is 11.9. The van der Waals surface area contributed by atoms with Gasteiger partial charge < -0.3 is 10.6 Å². The highest BCUT2D eigenvalue weighted by molar-refractivity contribution is 5.75. The first-order valence-electron chi connectivity index (χ1n) is 9.10. The van der Waals surface area contributed by atoms with Crippen molar-refractivity contribution in [1.29, 1.82) is 0 Å². The van der Waals surface area contributed by atoms with Crippen LogP contribution in [0.25, 0.3) is 11.3 Å². The van der Waals surface area contributed by atoms with Crippen LogP contribution in [0.4, 0.5) is 5.82 Å². The molecule has 0 unspecified atom stereocenters. The molecule has 2 heterocycles. The van der Waals surface area contributed by atoms with E-state index in [1.165, 1.54) is 23.6 Å². The molecule has 1 atom stereocenters. The van der Waals surface area contributed by atoms with E-state index in [2.05, 4.69) is 27.6 Å². The molecule has 2 bridgehead atoms. The number of amides is 1. The van der Waals surface area contributed by atoms with Crippen molar-refractivity contribution in [3.8, 4) is 11.3 Å². The molecule has 2 aromatic rings. The van der Waals surface area contributed by atoms with Gasteiger partial charge in [-0.2, -0.15) is 5.10 Å². The molecule has 2 aromatic heterocycles. The lowest BCUT2D eigenvalue weighted by Gasteiger charge is -2.67. The third-order valence-electron chi connectivity index (χ3n) is 5.80. The van der Waals surface area contributed by atoms with Gasteiger partial charge in [-0.05, 0) is 49.8 Å². The van der Waals surface area contributed by atoms with Gasteiger partial charge in [-0.25, -0.2) is 9.67 Å². The zero-order valence-corrected chi connectivity index (χ0v) is 15.0. The van der Waals surface area contributed by atoms with Crippen LogP contribution in [0.2, 0.25) is 0 Å². The summed E-state index contributed by atoms with van der Waals surface area (Å²) in [6, 6.07) is 6.97. The van der Waals surface area contributed by atoms with E-state index in [1.807, 2.05) is 19.1 Å². The summed E-state index contributed by atoms with van der Waals surface area (Å²) in [4.78, 5) is 28.2.